The number of carbonyl (C=O) groups is 1. The summed E-state index contributed by atoms with van der Waals surface area (Å²) < 4.78 is 26.2. The third-order valence-electron chi connectivity index (χ3n) is 3.34. The SMILES string of the molecule is C[C@H](N)C(=O)Nc1cc(S(=O)(=O)N2CCCC2)ccc1O.Cl. The Morgan fingerprint density at radius 2 is 1.95 bits per heavy atom. The number of amides is 1. The zero-order valence-electron chi connectivity index (χ0n) is 12.2. The predicted molar refractivity (Wildman–Crippen MR) is 85.6 cm³/mol. The number of phenolic OH excluding ortho intramolecular Hbond substituents is 1. The molecule has 22 heavy (non-hydrogen) atoms. The molecule has 0 radical (unpaired) electrons. The van der Waals surface area contributed by atoms with E-state index < -0.39 is 22.0 Å². The van der Waals surface area contributed by atoms with Gasteiger partial charge in [-0.05, 0) is 38.0 Å². The van der Waals surface area contributed by atoms with E-state index in [0.717, 1.165) is 12.8 Å². The molecule has 1 heterocycles. The summed E-state index contributed by atoms with van der Waals surface area (Å²) in [7, 11) is -3.59. The van der Waals surface area contributed by atoms with Gasteiger partial charge in [0.2, 0.25) is 15.9 Å². The van der Waals surface area contributed by atoms with Gasteiger partial charge in [0.25, 0.3) is 0 Å². The highest BCUT2D eigenvalue weighted by atomic mass is 35.5. The van der Waals surface area contributed by atoms with E-state index in [-0.39, 0.29) is 28.7 Å². The fraction of sp³-hybridized carbons (Fsp3) is 0.462. The van der Waals surface area contributed by atoms with E-state index in [9.17, 15) is 18.3 Å². The molecule has 0 unspecified atom stereocenters. The third kappa shape index (κ3) is 3.89. The van der Waals surface area contributed by atoms with Crippen molar-refractivity contribution in [3.05, 3.63) is 18.2 Å². The van der Waals surface area contributed by atoms with Crippen LogP contribution in [0.2, 0.25) is 0 Å². The molecule has 1 aliphatic heterocycles. The second kappa shape index (κ2) is 7.28. The highest BCUT2D eigenvalue weighted by Crippen LogP contribution is 2.29. The van der Waals surface area contributed by atoms with Crippen LogP contribution in [-0.4, -0.2) is 42.9 Å². The second-order valence-electron chi connectivity index (χ2n) is 5.07. The lowest BCUT2D eigenvalue weighted by Gasteiger charge is -2.17. The van der Waals surface area contributed by atoms with E-state index in [1.165, 1.54) is 29.4 Å². The number of nitrogens with two attached hydrogens (primary N) is 1. The molecular formula is C13H20ClN3O4S. The minimum atomic E-state index is -3.59. The quantitative estimate of drug-likeness (QED) is 0.698. The zero-order valence-corrected chi connectivity index (χ0v) is 13.8. The highest BCUT2D eigenvalue weighted by molar-refractivity contribution is 7.89. The van der Waals surface area contributed by atoms with Gasteiger partial charge >= 0.3 is 0 Å². The molecule has 124 valence electrons. The van der Waals surface area contributed by atoms with Crippen LogP contribution in [0, 0.1) is 0 Å². The van der Waals surface area contributed by atoms with Crippen LogP contribution in [0.15, 0.2) is 23.1 Å². The lowest BCUT2D eigenvalue weighted by atomic mass is 10.2. The van der Waals surface area contributed by atoms with Crippen LogP contribution in [0.4, 0.5) is 5.69 Å². The number of carbonyl (C=O) groups excluding carboxylic acids is 1. The zero-order chi connectivity index (χ0) is 15.6. The van der Waals surface area contributed by atoms with Crippen molar-refractivity contribution in [2.75, 3.05) is 18.4 Å². The van der Waals surface area contributed by atoms with Crippen LogP contribution < -0.4 is 11.1 Å². The van der Waals surface area contributed by atoms with Crippen LogP contribution in [0.1, 0.15) is 19.8 Å². The number of hydrogen-bond donors (Lipinski definition) is 3. The number of sulfonamides is 1. The second-order valence-corrected chi connectivity index (χ2v) is 7.01. The molecule has 2 rings (SSSR count). The molecule has 7 nitrogen and oxygen atoms in total. The number of anilines is 1. The van der Waals surface area contributed by atoms with E-state index >= 15 is 0 Å². The predicted octanol–water partition coefficient (Wildman–Crippen LogP) is 0.884. The van der Waals surface area contributed by atoms with E-state index in [1.807, 2.05) is 0 Å². The van der Waals surface area contributed by atoms with Gasteiger partial charge in [-0.1, -0.05) is 0 Å². The number of rotatable bonds is 4. The smallest absolute Gasteiger partial charge is 0.243 e. The average Bonchev–Trinajstić information content (AvgIpc) is 2.95. The van der Waals surface area contributed by atoms with Crippen LogP contribution in [0.3, 0.4) is 0 Å². The Labute approximate surface area is 135 Å². The van der Waals surface area contributed by atoms with Crippen molar-refractivity contribution in [1.29, 1.82) is 0 Å². The van der Waals surface area contributed by atoms with E-state index in [1.54, 1.807) is 0 Å². The lowest BCUT2D eigenvalue weighted by Crippen LogP contribution is -2.32. The van der Waals surface area contributed by atoms with Gasteiger partial charge in [0.05, 0.1) is 16.6 Å². The van der Waals surface area contributed by atoms with Crippen molar-refractivity contribution in [1.82, 2.24) is 4.31 Å². The van der Waals surface area contributed by atoms with Gasteiger partial charge < -0.3 is 16.2 Å². The fourth-order valence-corrected chi connectivity index (χ4v) is 3.64. The molecule has 1 aromatic carbocycles. The molecule has 0 spiro atoms. The van der Waals surface area contributed by atoms with Gasteiger partial charge in [-0.3, -0.25) is 4.79 Å². The molecule has 0 aliphatic carbocycles. The first-order valence-electron chi connectivity index (χ1n) is 6.72. The van der Waals surface area contributed by atoms with Gasteiger partial charge in [-0.15, -0.1) is 12.4 Å². The summed E-state index contributed by atoms with van der Waals surface area (Å²) in [5.74, 6) is -0.703. The van der Waals surface area contributed by atoms with Crippen LogP contribution in [0.5, 0.6) is 5.75 Å². The van der Waals surface area contributed by atoms with E-state index in [0.29, 0.717) is 13.1 Å². The summed E-state index contributed by atoms with van der Waals surface area (Å²) >= 11 is 0. The molecule has 9 heteroatoms. The maximum absolute atomic E-state index is 12.4. The van der Waals surface area contributed by atoms with Gasteiger partial charge in [0.15, 0.2) is 0 Å². The van der Waals surface area contributed by atoms with Crippen molar-refractivity contribution < 1.29 is 18.3 Å². The van der Waals surface area contributed by atoms with Gasteiger partial charge in [-0.2, -0.15) is 4.31 Å². The van der Waals surface area contributed by atoms with E-state index in [2.05, 4.69) is 5.32 Å². The van der Waals surface area contributed by atoms with Crippen LogP contribution in [0.25, 0.3) is 0 Å². The van der Waals surface area contributed by atoms with Crippen molar-refractivity contribution in [2.45, 2.75) is 30.7 Å². The number of halogens is 1. The maximum Gasteiger partial charge on any atom is 0.243 e. The van der Waals surface area contributed by atoms with Crippen LogP contribution in [-0.2, 0) is 14.8 Å². The highest BCUT2D eigenvalue weighted by Gasteiger charge is 2.28. The molecule has 1 atom stereocenters. The molecule has 1 aromatic rings. The molecule has 0 bridgehead atoms. The summed E-state index contributed by atoms with van der Waals surface area (Å²) in [5.41, 5.74) is 5.48. The number of aromatic hydroxyl groups is 1. The van der Waals surface area contributed by atoms with Crippen molar-refractivity contribution >= 4 is 34.0 Å². The van der Waals surface area contributed by atoms with Crippen LogP contribution >= 0.6 is 12.4 Å². The third-order valence-corrected chi connectivity index (χ3v) is 5.24. The number of nitrogens with zero attached hydrogens (tertiary/aromatic N) is 1. The minimum absolute atomic E-state index is 0. The van der Waals surface area contributed by atoms with Crippen molar-refractivity contribution in [3.63, 3.8) is 0 Å². The summed E-state index contributed by atoms with van der Waals surface area (Å²) in [4.78, 5) is 11.6. The molecule has 1 saturated heterocycles. The lowest BCUT2D eigenvalue weighted by molar-refractivity contribution is -0.117. The Bertz CT molecular complexity index is 643. The number of nitrogens with one attached hydrogen (secondary N) is 1. The van der Waals surface area contributed by atoms with Crippen molar-refractivity contribution in [2.24, 2.45) is 5.73 Å². The molecule has 0 saturated carbocycles. The number of hydrogen-bond acceptors (Lipinski definition) is 5. The van der Waals surface area contributed by atoms with Gasteiger partial charge in [-0.25, -0.2) is 8.42 Å². The van der Waals surface area contributed by atoms with Gasteiger partial charge in [0, 0.05) is 13.1 Å². The molecule has 1 fully saturated rings. The molecule has 0 aromatic heterocycles. The standard InChI is InChI=1S/C13H19N3O4S.ClH/c1-9(14)13(18)15-11-8-10(4-5-12(11)17)21(19,20)16-6-2-3-7-16;/h4-5,8-9,17H,2-3,6-7,14H2,1H3,(H,15,18);1H/t9-;/m0./s1. The summed E-state index contributed by atoms with van der Waals surface area (Å²) in [5, 5.41) is 12.1. The average molecular weight is 350 g/mol. The Morgan fingerprint density at radius 1 is 1.36 bits per heavy atom. The molecule has 4 N–H and O–H groups in total. The maximum atomic E-state index is 12.4. The summed E-state index contributed by atoms with van der Waals surface area (Å²) in [6.45, 7) is 2.48. The van der Waals surface area contributed by atoms with Gasteiger partial charge in [0.1, 0.15) is 5.75 Å². The monoisotopic (exact) mass is 349 g/mol. The summed E-state index contributed by atoms with van der Waals surface area (Å²) in [6.07, 6.45) is 1.68. The largest absolute Gasteiger partial charge is 0.506 e. The minimum Gasteiger partial charge on any atom is -0.506 e. The Hall–Kier alpha value is -1.35. The Balaban J connectivity index is 0.00000242. The normalized spacial score (nSPS) is 16.8. The Morgan fingerprint density at radius 3 is 2.50 bits per heavy atom. The fourth-order valence-electron chi connectivity index (χ4n) is 2.10. The molecule has 1 amide bonds. The first kappa shape index (κ1) is 18.7. The van der Waals surface area contributed by atoms with Crippen molar-refractivity contribution in [3.8, 4) is 5.75 Å². The first-order valence-corrected chi connectivity index (χ1v) is 8.16. The topological polar surface area (TPSA) is 113 Å². The summed E-state index contributed by atoms with van der Waals surface area (Å²) in [6, 6.07) is 3.07. The first-order chi connectivity index (χ1) is 9.82. The molecule has 1 aliphatic rings. The number of phenols is 1. The number of benzene rings is 1. The van der Waals surface area contributed by atoms with E-state index in [4.69, 9.17) is 5.73 Å². The molecular weight excluding hydrogens is 330 g/mol. The Kier molecular flexibility index (Phi) is 6.18.